The second-order valence-corrected chi connectivity index (χ2v) is 5.16. The van der Waals surface area contributed by atoms with Crippen LogP contribution in [0.5, 0.6) is 0 Å². The van der Waals surface area contributed by atoms with E-state index < -0.39 is 0 Å². The zero-order valence-corrected chi connectivity index (χ0v) is 10.7. The predicted octanol–water partition coefficient (Wildman–Crippen LogP) is 2.23. The maximum Gasteiger partial charge on any atom is 0.135 e. The number of nitrogens with zero attached hydrogens (tertiary/aromatic N) is 3. The molecule has 2 aliphatic rings. The van der Waals surface area contributed by atoms with Gasteiger partial charge in [0.1, 0.15) is 16.8 Å². The molecule has 1 aliphatic carbocycles. The Kier molecular flexibility index (Phi) is 2.92. The second kappa shape index (κ2) is 4.42. The first-order valence-corrected chi connectivity index (χ1v) is 6.46. The molecule has 1 aromatic rings. The van der Waals surface area contributed by atoms with Gasteiger partial charge in [-0.2, -0.15) is 0 Å². The van der Waals surface area contributed by atoms with Crippen molar-refractivity contribution >= 4 is 17.4 Å². The Hall–Kier alpha value is -0.870. The molecule has 1 aliphatic heterocycles. The summed E-state index contributed by atoms with van der Waals surface area (Å²) in [5.41, 5.74) is 0. The highest BCUT2D eigenvalue weighted by Gasteiger charge is 2.29. The molecule has 17 heavy (non-hydrogen) atoms. The SMILES string of the molecule is COC1CCN(c2cc(Cl)nc(C3CC3)n2)C1. The van der Waals surface area contributed by atoms with Crippen LogP contribution in [0.4, 0.5) is 5.82 Å². The van der Waals surface area contributed by atoms with Gasteiger partial charge in [0.15, 0.2) is 0 Å². The molecule has 0 aromatic carbocycles. The zero-order valence-electron chi connectivity index (χ0n) is 9.90. The number of aromatic nitrogens is 2. The molecule has 1 unspecified atom stereocenters. The molecular formula is C12H16ClN3O. The van der Waals surface area contributed by atoms with Gasteiger partial charge in [-0.15, -0.1) is 0 Å². The van der Waals surface area contributed by atoms with Crippen LogP contribution >= 0.6 is 11.6 Å². The summed E-state index contributed by atoms with van der Waals surface area (Å²) < 4.78 is 5.37. The maximum atomic E-state index is 6.06. The van der Waals surface area contributed by atoms with Gasteiger partial charge in [0.25, 0.3) is 0 Å². The first kappa shape index (κ1) is 11.2. The van der Waals surface area contributed by atoms with Crippen LogP contribution in [-0.2, 0) is 4.74 Å². The molecule has 0 spiro atoms. The Morgan fingerprint density at radius 3 is 2.82 bits per heavy atom. The molecule has 0 N–H and O–H groups in total. The summed E-state index contributed by atoms with van der Waals surface area (Å²) in [5.74, 6) is 2.40. The van der Waals surface area contributed by atoms with Crippen LogP contribution in [0.1, 0.15) is 31.0 Å². The minimum Gasteiger partial charge on any atom is -0.380 e. The lowest BCUT2D eigenvalue weighted by Gasteiger charge is -2.17. The third-order valence-corrected chi connectivity index (χ3v) is 3.64. The number of anilines is 1. The van der Waals surface area contributed by atoms with Crippen LogP contribution in [-0.4, -0.2) is 36.3 Å². The van der Waals surface area contributed by atoms with Crippen molar-refractivity contribution in [2.75, 3.05) is 25.1 Å². The van der Waals surface area contributed by atoms with E-state index in [0.717, 1.165) is 31.2 Å². The van der Waals surface area contributed by atoms with Gasteiger partial charge in [0, 0.05) is 32.2 Å². The highest BCUT2D eigenvalue weighted by molar-refractivity contribution is 6.29. The summed E-state index contributed by atoms with van der Waals surface area (Å²) in [6.45, 7) is 1.88. The summed E-state index contributed by atoms with van der Waals surface area (Å²) in [6, 6.07) is 1.85. The monoisotopic (exact) mass is 253 g/mol. The largest absolute Gasteiger partial charge is 0.380 e. The van der Waals surface area contributed by atoms with Gasteiger partial charge >= 0.3 is 0 Å². The van der Waals surface area contributed by atoms with Gasteiger partial charge in [-0.25, -0.2) is 9.97 Å². The second-order valence-electron chi connectivity index (χ2n) is 4.77. The molecule has 2 fully saturated rings. The van der Waals surface area contributed by atoms with Gasteiger partial charge in [-0.1, -0.05) is 11.6 Å². The van der Waals surface area contributed by atoms with Gasteiger partial charge in [-0.3, -0.25) is 0 Å². The highest BCUT2D eigenvalue weighted by atomic mass is 35.5. The third-order valence-electron chi connectivity index (χ3n) is 3.44. The molecule has 0 radical (unpaired) electrons. The van der Waals surface area contributed by atoms with Crippen molar-refractivity contribution in [2.45, 2.75) is 31.3 Å². The Bertz CT molecular complexity index is 422. The Morgan fingerprint density at radius 2 is 2.18 bits per heavy atom. The molecule has 3 rings (SSSR count). The fraction of sp³-hybridized carbons (Fsp3) is 0.667. The average molecular weight is 254 g/mol. The first-order valence-electron chi connectivity index (χ1n) is 6.08. The van der Waals surface area contributed by atoms with Crippen LogP contribution in [0.15, 0.2) is 6.07 Å². The summed E-state index contributed by atoms with van der Waals surface area (Å²) >= 11 is 6.06. The van der Waals surface area contributed by atoms with E-state index >= 15 is 0 Å². The van der Waals surface area contributed by atoms with Crippen molar-refractivity contribution in [1.82, 2.24) is 9.97 Å². The average Bonchev–Trinajstić information content (AvgIpc) is 3.06. The van der Waals surface area contributed by atoms with Crippen LogP contribution in [0.2, 0.25) is 5.15 Å². The number of hydrogen-bond acceptors (Lipinski definition) is 4. The number of ether oxygens (including phenoxy) is 1. The van der Waals surface area contributed by atoms with E-state index in [0.29, 0.717) is 17.2 Å². The maximum absolute atomic E-state index is 6.06. The molecule has 4 nitrogen and oxygen atoms in total. The quantitative estimate of drug-likeness (QED) is 0.775. The van der Waals surface area contributed by atoms with E-state index in [1.807, 2.05) is 6.07 Å². The molecule has 0 amide bonds. The molecule has 1 aromatic heterocycles. The molecule has 1 saturated heterocycles. The lowest BCUT2D eigenvalue weighted by molar-refractivity contribution is 0.121. The van der Waals surface area contributed by atoms with Gasteiger partial charge < -0.3 is 9.64 Å². The van der Waals surface area contributed by atoms with Crippen LogP contribution in [0.3, 0.4) is 0 Å². The van der Waals surface area contributed by atoms with E-state index in [2.05, 4.69) is 14.9 Å². The Morgan fingerprint density at radius 1 is 1.35 bits per heavy atom. The van der Waals surface area contributed by atoms with Crippen molar-refractivity contribution in [3.8, 4) is 0 Å². The van der Waals surface area contributed by atoms with Crippen molar-refractivity contribution < 1.29 is 4.74 Å². The Labute approximate surface area is 106 Å². The zero-order chi connectivity index (χ0) is 11.8. The van der Waals surface area contributed by atoms with Gasteiger partial charge in [0.05, 0.1) is 6.10 Å². The van der Waals surface area contributed by atoms with E-state index in [1.54, 1.807) is 7.11 Å². The molecule has 1 atom stereocenters. The molecule has 5 heteroatoms. The van der Waals surface area contributed by atoms with Gasteiger partial charge in [-0.05, 0) is 19.3 Å². The minimum atomic E-state index is 0.313. The topological polar surface area (TPSA) is 38.2 Å². The van der Waals surface area contributed by atoms with Gasteiger partial charge in [0.2, 0.25) is 0 Å². The highest BCUT2D eigenvalue weighted by Crippen LogP contribution is 2.39. The van der Waals surface area contributed by atoms with Crippen molar-refractivity contribution in [3.05, 3.63) is 17.0 Å². The predicted molar refractivity (Wildman–Crippen MR) is 66.6 cm³/mol. The number of rotatable bonds is 3. The molecule has 1 saturated carbocycles. The van der Waals surface area contributed by atoms with Crippen molar-refractivity contribution in [1.29, 1.82) is 0 Å². The molecule has 0 bridgehead atoms. The summed E-state index contributed by atoms with van der Waals surface area (Å²) in [5, 5.41) is 0.553. The van der Waals surface area contributed by atoms with E-state index in [1.165, 1.54) is 12.8 Å². The van der Waals surface area contributed by atoms with Crippen LogP contribution < -0.4 is 4.90 Å². The lowest BCUT2D eigenvalue weighted by atomic mass is 10.3. The number of hydrogen-bond donors (Lipinski definition) is 0. The van der Waals surface area contributed by atoms with E-state index in [4.69, 9.17) is 16.3 Å². The fourth-order valence-electron chi connectivity index (χ4n) is 2.24. The fourth-order valence-corrected chi connectivity index (χ4v) is 2.42. The van der Waals surface area contributed by atoms with Crippen molar-refractivity contribution in [2.24, 2.45) is 0 Å². The summed E-state index contributed by atoms with van der Waals surface area (Å²) in [7, 11) is 1.76. The molecular weight excluding hydrogens is 238 g/mol. The standard InChI is InChI=1S/C12H16ClN3O/c1-17-9-4-5-16(7-9)11-6-10(13)14-12(15-11)8-2-3-8/h6,8-9H,2-5,7H2,1H3. The summed E-state index contributed by atoms with van der Waals surface area (Å²) in [4.78, 5) is 11.2. The van der Waals surface area contributed by atoms with E-state index in [-0.39, 0.29) is 0 Å². The number of halogens is 1. The number of methoxy groups -OCH3 is 1. The van der Waals surface area contributed by atoms with Crippen molar-refractivity contribution in [3.63, 3.8) is 0 Å². The molecule has 92 valence electrons. The molecule has 2 heterocycles. The minimum absolute atomic E-state index is 0.313. The van der Waals surface area contributed by atoms with Crippen LogP contribution in [0, 0.1) is 0 Å². The summed E-state index contributed by atoms with van der Waals surface area (Å²) in [6.07, 6.45) is 3.76. The lowest BCUT2D eigenvalue weighted by Crippen LogP contribution is -2.23. The van der Waals surface area contributed by atoms with E-state index in [9.17, 15) is 0 Å². The Balaban J connectivity index is 1.82. The first-order chi connectivity index (χ1) is 8.26. The van der Waals surface area contributed by atoms with Crippen LogP contribution in [0.25, 0.3) is 0 Å². The third kappa shape index (κ3) is 2.38. The normalized spacial score (nSPS) is 24.4. The smallest absolute Gasteiger partial charge is 0.135 e.